The van der Waals surface area contributed by atoms with Crippen LogP contribution in [0.1, 0.15) is 12.8 Å². The van der Waals surface area contributed by atoms with Gasteiger partial charge < -0.3 is 25.2 Å². The summed E-state index contributed by atoms with van der Waals surface area (Å²) < 4.78 is 6.04. The van der Waals surface area contributed by atoms with Crippen LogP contribution < -0.4 is 15.5 Å². The molecular weight excluding hydrogens is 436 g/mol. The number of piperazine rings is 1. The second-order valence-electron chi connectivity index (χ2n) is 9.11. The minimum absolute atomic E-state index is 0.163. The average Bonchev–Trinajstić information content (AvgIpc) is 2.90. The number of fused-ring (bicyclic) bond motifs is 1. The number of rotatable bonds is 6. The van der Waals surface area contributed by atoms with E-state index in [2.05, 4.69) is 76.4 Å². The molecule has 0 unspecified atom stereocenters. The fourth-order valence-electron chi connectivity index (χ4n) is 4.91. The maximum atomic E-state index is 12.9. The van der Waals surface area contributed by atoms with Gasteiger partial charge >= 0.3 is 0 Å². The predicted molar refractivity (Wildman–Crippen MR) is 142 cm³/mol. The molecule has 2 aromatic rings. The molecule has 1 fully saturated rings. The highest BCUT2D eigenvalue weighted by Crippen LogP contribution is 2.27. The SMILES string of the molecule is O=C(CCOC1=C/C(C2=CCNCC2)=C\NC\C=C\1)N1CCN(c2cccc3ccccc23)CC1. The molecule has 2 N–H and O–H groups in total. The monoisotopic (exact) mass is 470 g/mol. The Kier molecular flexibility index (Phi) is 7.49. The fraction of sp³-hybridized carbons (Fsp3) is 0.345. The summed E-state index contributed by atoms with van der Waals surface area (Å²) in [5.41, 5.74) is 3.73. The van der Waals surface area contributed by atoms with Crippen LogP contribution in [0.15, 0.2) is 89.9 Å². The van der Waals surface area contributed by atoms with E-state index in [0.717, 1.165) is 63.6 Å². The maximum absolute atomic E-state index is 12.9. The summed E-state index contributed by atoms with van der Waals surface area (Å²) in [6.45, 7) is 6.21. The Hall–Kier alpha value is -3.51. The molecule has 0 aliphatic carbocycles. The van der Waals surface area contributed by atoms with Crippen molar-refractivity contribution in [3.05, 3.63) is 89.9 Å². The molecule has 0 atom stereocenters. The topological polar surface area (TPSA) is 56.8 Å². The largest absolute Gasteiger partial charge is 0.493 e. The zero-order valence-corrected chi connectivity index (χ0v) is 20.2. The van der Waals surface area contributed by atoms with Crippen molar-refractivity contribution in [2.24, 2.45) is 0 Å². The Labute approximate surface area is 207 Å². The molecule has 5 rings (SSSR count). The summed E-state index contributed by atoms with van der Waals surface area (Å²) in [6, 6.07) is 14.9. The van der Waals surface area contributed by atoms with Crippen molar-refractivity contribution in [1.82, 2.24) is 15.5 Å². The van der Waals surface area contributed by atoms with E-state index < -0.39 is 0 Å². The molecular formula is C29H34N4O2. The normalized spacial score (nSPS) is 22.6. The number of nitrogens with zero attached hydrogens (tertiary/aromatic N) is 2. The number of ether oxygens (including phenoxy) is 1. The Morgan fingerprint density at radius 1 is 1.00 bits per heavy atom. The lowest BCUT2D eigenvalue weighted by Gasteiger charge is -2.36. The number of carbonyl (C=O) groups excluding carboxylic acids is 1. The molecule has 182 valence electrons. The van der Waals surface area contributed by atoms with Gasteiger partial charge in [0.25, 0.3) is 0 Å². The van der Waals surface area contributed by atoms with E-state index in [9.17, 15) is 4.79 Å². The van der Waals surface area contributed by atoms with Gasteiger partial charge in [-0.2, -0.15) is 0 Å². The van der Waals surface area contributed by atoms with Gasteiger partial charge in [0, 0.05) is 56.5 Å². The third-order valence-corrected chi connectivity index (χ3v) is 6.83. The zero-order chi connectivity index (χ0) is 23.9. The first-order valence-corrected chi connectivity index (χ1v) is 12.6. The molecule has 0 spiro atoms. The number of hydrogen-bond acceptors (Lipinski definition) is 5. The quantitative estimate of drug-likeness (QED) is 0.674. The number of benzene rings is 2. The predicted octanol–water partition coefficient (Wildman–Crippen LogP) is 3.74. The van der Waals surface area contributed by atoms with Gasteiger partial charge in [0.15, 0.2) is 0 Å². The Morgan fingerprint density at radius 3 is 2.71 bits per heavy atom. The van der Waals surface area contributed by atoms with E-state index >= 15 is 0 Å². The van der Waals surface area contributed by atoms with Crippen LogP contribution in [0, 0.1) is 0 Å². The van der Waals surface area contributed by atoms with Crippen LogP contribution in [0.25, 0.3) is 10.8 Å². The summed E-state index contributed by atoms with van der Waals surface area (Å²) in [5, 5.41) is 9.20. The van der Waals surface area contributed by atoms with Gasteiger partial charge in [-0.3, -0.25) is 4.79 Å². The summed E-state index contributed by atoms with van der Waals surface area (Å²) in [7, 11) is 0. The van der Waals surface area contributed by atoms with Crippen LogP contribution >= 0.6 is 0 Å². The molecule has 0 aromatic heterocycles. The zero-order valence-electron chi connectivity index (χ0n) is 20.2. The lowest BCUT2D eigenvalue weighted by atomic mass is 10.00. The molecule has 0 radical (unpaired) electrons. The minimum Gasteiger partial charge on any atom is -0.493 e. The van der Waals surface area contributed by atoms with Gasteiger partial charge in [0.05, 0.1) is 13.0 Å². The van der Waals surface area contributed by atoms with Gasteiger partial charge in [0.2, 0.25) is 5.91 Å². The van der Waals surface area contributed by atoms with Crippen molar-refractivity contribution in [1.29, 1.82) is 0 Å². The van der Waals surface area contributed by atoms with E-state index in [0.29, 0.717) is 13.0 Å². The number of carbonyl (C=O) groups is 1. The first-order chi connectivity index (χ1) is 17.3. The summed E-state index contributed by atoms with van der Waals surface area (Å²) >= 11 is 0. The molecule has 1 amide bonds. The third kappa shape index (κ3) is 5.77. The van der Waals surface area contributed by atoms with Gasteiger partial charge in [0.1, 0.15) is 5.76 Å². The minimum atomic E-state index is 0.163. The first-order valence-electron chi connectivity index (χ1n) is 12.6. The van der Waals surface area contributed by atoms with Crippen LogP contribution in [-0.4, -0.2) is 63.2 Å². The summed E-state index contributed by atoms with van der Waals surface area (Å²) in [6.07, 6.45) is 11.8. The standard InChI is InChI=1S/C29H34N4O2/c34-29(12-20-35-26-7-4-13-31-22-25(21-26)23-10-14-30-15-11-23)33-18-16-32(17-19-33)28-9-3-6-24-5-1-2-8-27(24)28/h1-10,21-22,30-31H,11-20H2/b7-4+,25-22+,26-21+. The first kappa shape index (κ1) is 23.2. The smallest absolute Gasteiger partial charge is 0.226 e. The number of amides is 1. The van der Waals surface area contributed by atoms with Gasteiger partial charge in [-0.15, -0.1) is 0 Å². The number of anilines is 1. The molecule has 6 heteroatoms. The molecule has 35 heavy (non-hydrogen) atoms. The molecule has 3 aliphatic heterocycles. The average molecular weight is 471 g/mol. The van der Waals surface area contributed by atoms with Crippen molar-refractivity contribution >= 4 is 22.4 Å². The lowest BCUT2D eigenvalue weighted by Crippen LogP contribution is -2.49. The van der Waals surface area contributed by atoms with E-state index in [1.54, 1.807) is 0 Å². The van der Waals surface area contributed by atoms with E-state index in [1.807, 2.05) is 17.1 Å². The summed E-state index contributed by atoms with van der Waals surface area (Å²) in [5.74, 6) is 0.974. The molecule has 6 nitrogen and oxygen atoms in total. The Morgan fingerprint density at radius 2 is 1.86 bits per heavy atom. The number of hydrogen-bond donors (Lipinski definition) is 2. The van der Waals surface area contributed by atoms with Crippen molar-refractivity contribution in [3.63, 3.8) is 0 Å². The lowest BCUT2D eigenvalue weighted by molar-refractivity contribution is -0.132. The number of allylic oxidation sites excluding steroid dienone is 3. The molecule has 3 aliphatic rings. The van der Waals surface area contributed by atoms with Gasteiger partial charge in [-0.1, -0.05) is 48.6 Å². The molecule has 3 heterocycles. The molecule has 2 aromatic carbocycles. The van der Waals surface area contributed by atoms with Crippen LogP contribution in [-0.2, 0) is 9.53 Å². The second kappa shape index (κ2) is 11.3. The third-order valence-electron chi connectivity index (χ3n) is 6.83. The van der Waals surface area contributed by atoms with Crippen molar-refractivity contribution in [2.75, 3.05) is 57.3 Å². The van der Waals surface area contributed by atoms with E-state index in [-0.39, 0.29) is 5.91 Å². The molecule has 1 saturated heterocycles. The number of nitrogens with one attached hydrogen (secondary N) is 2. The van der Waals surface area contributed by atoms with Crippen molar-refractivity contribution in [2.45, 2.75) is 12.8 Å². The van der Waals surface area contributed by atoms with Crippen LogP contribution in [0.5, 0.6) is 0 Å². The van der Waals surface area contributed by atoms with E-state index in [4.69, 9.17) is 4.74 Å². The van der Waals surface area contributed by atoms with Crippen LogP contribution in [0.3, 0.4) is 0 Å². The second-order valence-corrected chi connectivity index (χ2v) is 9.11. The highest BCUT2D eigenvalue weighted by atomic mass is 16.5. The maximum Gasteiger partial charge on any atom is 0.226 e. The highest BCUT2D eigenvalue weighted by Gasteiger charge is 2.22. The van der Waals surface area contributed by atoms with Crippen LogP contribution in [0.2, 0.25) is 0 Å². The van der Waals surface area contributed by atoms with Gasteiger partial charge in [-0.05, 0) is 47.7 Å². The van der Waals surface area contributed by atoms with E-state index in [1.165, 1.54) is 22.0 Å². The molecule has 0 bridgehead atoms. The summed E-state index contributed by atoms with van der Waals surface area (Å²) in [4.78, 5) is 17.2. The highest BCUT2D eigenvalue weighted by molar-refractivity contribution is 5.94. The molecule has 0 saturated carbocycles. The van der Waals surface area contributed by atoms with Gasteiger partial charge in [-0.25, -0.2) is 0 Å². The van der Waals surface area contributed by atoms with Crippen LogP contribution in [0.4, 0.5) is 5.69 Å². The Balaban J connectivity index is 1.14. The fourth-order valence-corrected chi connectivity index (χ4v) is 4.91. The van der Waals surface area contributed by atoms with Crippen molar-refractivity contribution < 1.29 is 9.53 Å². The van der Waals surface area contributed by atoms with Crippen molar-refractivity contribution in [3.8, 4) is 0 Å². The Bertz CT molecular complexity index is 1170.